The number of nitrogens with zero attached hydrogens (tertiary/aromatic N) is 6. The van der Waals surface area contributed by atoms with Crippen LogP contribution < -0.4 is 10.1 Å². The number of carbonyl (C=O) groups is 1. The van der Waals surface area contributed by atoms with Crippen molar-refractivity contribution >= 4 is 17.6 Å². The van der Waals surface area contributed by atoms with Gasteiger partial charge >= 0.3 is 6.09 Å². The van der Waals surface area contributed by atoms with E-state index in [1.165, 1.54) is 6.33 Å². The maximum absolute atomic E-state index is 12.5. The number of hydrogen-bond acceptors (Lipinski definition) is 8. The third kappa shape index (κ3) is 4.69. The average molecular weight is 488 g/mol. The summed E-state index contributed by atoms with van der Waals surface area (Å²) in [6.45, 7) is 7.04. The molecule has 1 aromatic carbocycles. The third-order valence-corrected chi connectivity index (χ3v) is 6.39. The Morgan fingerprint density at radius 2 is 2.03 bits per heavy atom. The van der Waals surface area contributed by atoms with E-state index in [0.29, 0.717) is 35.9 Å². The summed E-state index contributed by atoms with van der Waals surface area (Å²) in [7, 11) is 1.85. The van der Waals surface area contributed by atoms with Crippen molar-refractivity contribution in [3.05, 3.63) is 47.5 Å². The first kappa shape index (κ1) is 23.6. The van der Waals surface area contributed by atoms with Gasteiger partial charge < -0.3 is 19.7 Å². The van der Waals surface area contributed by atoms with Crippen LogP contribution in [-0.4, -0.2) is 49.4 Å². The lowest BCUT2D eigenvalue weighted by Crippen LogP contribution is -2.41. The molecular weight excluding hydrogens is 458 g/mol. The number of nitriles is 1. The molecule has 1 amide bonds. The molecular formula is C26H29N7O3. The van der Waals surface area contributed by atoms with Crippen LogP contribution in [0.25, 0.3) is 11.3 Å². The number of ether oxygens (including phenoxy) is 2. The van der Waals surface area contributed by atoms with Crippen LogP contribution in [0.5, 0.6) is 5.75 Å². The number of aromatic nitrogens is 4. The average Bonchev–Trinajstić information content (AvgIpc) is 3.18. The van der Waals surface area contributed by atoms with E-state index in [1.54, 1.807) is 15.8 Å². The summed E-state index contributed by atoms with van der Waals surface area (Å²) in [5, 5.41) is 17.6. The molecule has 186 valence electrons. The van der Waals surface area contributed by atoms with Crippen LogP contribution in [0.1, 0.15) is 56.2 Å². The summed E-state index contributed by atoms with van der Waals surface area (Å²) in [6, 6.07) is 6.23. The highest BCUT2D eigenvalue weighted by atomic mass is 16.6. The minimum atomic E-state index is -0.519. The van der Waals surface area contributed by atoms with Gasteiger partial charge in [0, 0.05) is 31.9 Å². The van der Waals surface area contributed by atoms with Crippen LogP contribution in [-0.2, 0) is 18.4 Å². The topological polar surface area (TPSA) is 118 Å². The Balaban J connectivity index is 1.40. The number of anilines is 2. The zero-order valence-electron chi connectivity index (χ0n) is 20.9. The van der Waals surface area contributed by atoms with Crippen LogP contribution >= 0.6 is 0 Å². The molecule has 10 heteroatoms. The number of nitrogens with one attached hydrogen (secondary N) is 1. The monoisotopic (exact) mass is 487 g/mol. The fourth-order valence-electron chi connectivity index (χ4n) is 4.66. The van der Waals surface area contributed by atoms with Crippen molar-refractivity contribution in [1.82, 2.24) is 24.6 Å². The molecule has 0 aliphatic carbocycles. The highest BCUT2D eigenvalue weighted by Gasteiger charge is 2.29. The van der Waals surface area contributed by atoms with Crippen molar-refractivity contribution in [3.63, 3.8) is 0 Å². The first-order valence-electron chi connectivity index (χ1n) is 12.0. The number of piperidine rings is 1. The van der Waals surface area contributed by atoms with E-state index in [1.807, 2.05) is 46.1 Å². The lowest BCUT2D eigenvalue weighted by molar-refractivity contribution is 0.0205. The number of carbonyl (C=O) groups excluding carboxylic acids is 1. The number of likely N-dealkylation sites (tertiary alicyclic amines) is 1. The van der Waals surface area contributed by atoms with Crippen molar-refractivity contribution in [2.75, 3.05) is 18.4 Å². The maximum atomic E-state index is 12.5. The molecule has 0 radical (unpaired) electrons. The Bertz CT molecular complexity index is 1340. The van der Waals surface area contributed by atoms with Crippen LogP contribution in [0.2, 0.25) is 0 Å². The molecule has 10 nitrogen and oxygen atoms in total. The van der Waals surface area contributed by atoms with Crippen LogP contribution in [0.15, 0.2) is 30.9 Å². The quantitative estimate of drug-likeness (QED) is 0.561. The minimum absolute atomic E-state index is 0.210. The van der Waals surface area contributed by atoms with E-state index in [4.69, 9.17) is 9.47 Å². The zero-order chi connectivity index (χ0) is 25.4. The predicted molar refractivity (Wildman–Crippen MR) is 133 cm³/mol. The number of rotatable bonds is 2. The molecule has 1 fully saturated rings. The second-order valence-electron chi connectivity index (χ2n) is 10.2. The van der Waals surface area contributed by atoms with E-state index in [9.17, 15) is 10.1 Å². The Labute approximate surface area is 209 Å². The van der Waals surface area contributed by atoms with Gasteiger partial charge in [-0.1, -0.05) is 0 Å². The van der Waals surface area contributed by atoms with Crippen LogP contribution in [0, 0.1) is 11.3 Å². The second kappa shape index (κ2) is 9.15. The molecule has 1 N–H and O–H groups in total. The summed E-state index contributed by atoms with van der Waals surface area (Å²) in [4.78, 5) is 23.1. The van der Waals surface area contributed by atoms with Crippen LogP contribution in [0.3, 0.4) is 0 Å². The van der Waals surface area contributed by atoms with Crippen molar-refractivity contribution in [2.45, 2.75) is 51.7 Å². The van der Waals surface area contributed by atoms with Crippen molar-refractivity contribution in [3.8, 4) is 23.1 Å². The van der Waals surface area contributed by atoms with E-state index in [2.05, 4.69) is 26.5 Å². The van der Waals surface area contributed by atoms with Gasteiger partial charge in [0.05, 0.1) is 28.7 Å². The Hall–Kier alpha value is -4.13. The molecule has 0 spiro atoms. The molecule has 5 rings (SSSR count). The number of benzene rings is 1. The molecule has 2 aliphatic rings. The molecule has 3 aromatic rings. The molecule has 0 atom stereocenters. The van der Waals surface area contributed by atoms with Gasteiger partial charge in [-0.15, -0.1) is 0 Å². The normalized spacial score (nSPS) is 15.6. The molecule has 0 bridgehead atoms. The van der Waals surface area contributed by atoms with Gasteiger partial charge in [-0.3, -0.25) is 4.68 Å². The van der Waals surface area contributed by atoms with Gasteiger partial charge in [-0.2, -0.15) is 10.4 Å². The molecule has 0 saturated carbocycles. The standard InChI is InChI=1S/C26H29N7O3/c1-26(2,3)36-25(34)33-7-5-16(6-8-33)17-9-18(11-27)23-21(10-17)31-24-20(14-35-23)22(28-15-29-24)19-12-30-32(4)13-19/h9-10,12-13,15-16H,5-8,14H2,1-4H3,(H,28,29,31). The fraction of sp³-hybridized carbons (Fsp3) is 0.423. The van der Waals surface area contributed by atoms with E-state index in [-0.39, 0.29) is 18.6 Å². The number of hydrogen-bond donors (Lipinski definition) is 1. The number of fused-ring (bicyclic) bond motifs is 2. The smallest absolute Gasteiger partial charge is 0.410 e. The second-order valence-corrected chi connectivity index (χ2v) is 10.2. The summed E-state index contributed by atoms with van der Waals surface area (Å²) < 4.78 is 13.4. The summed E-state index contributed by atoms with van der Waals surface area (Å²) in [6.07, 6.45) is 6.45. The summed E-state index contributed by atoms with van der Waals surface area (Å²) in [5.74, 6) is 1.35. The number of amides is 1. The zero-order valence-corrected chi connectivity index (χ0v) is 20.9. The Kier molecular flexibility index (Phi) is 6.00. The first-order chi connectivity index (χ1) is 17.2. The SMILES string of the molecule is Cn1cc(-c2ncnc3c2COc2c(C#N)cc(C4CCN(C(=O)OC(C)(C)C)CC4)cc2N3)cn1. The highest BCUT2D eigenvalue weighted by Crippen LogP contribution is 2.41. The lowest BCUT2D eigenvalue weighted by atomic mass is 9.88. The van der Waals surface area contributed by atoms with E-state index in [0.717, 1.165) is 35.2 Å². The van der Waals surface area contributed by atoms with E-state index < -0.39 is 5.60 Å². The molecule has 2 aromatic heterocycles. The van der Waals surface area contributed by atoms with Gasteiger partial charge in [0.2, 0.25) is 0 Å². The predicted octanol–water partition coefficient (Wildman–Crippen LogP) is 4.50. The minimum Gasteiger partial charge on any atom is -0.485 e. The van der Waals surface area contributed by atoms with Crippen molar-refractivity contribution < 1.29 is 14.3 Å². The molecule has 36 heavy (non-hydrogen) atoms. The Morgan fingerprint density at radius 1 is 1.25 bits per heavy atom. The summed E-state index contributed by atoms with van der Waals surface area (Å²) >= 11 is 0. The fourth-order valence-corrected chi connectivity index (χ4v) is 4.66. The Morgan fingerprint density at radius 3 is 2.69 bits per heavy atom. The first-order valence-corrected chi connectivity index (χ1v) is 12.0. The molecule has 0 unspecified atom stereocenters. The van der Waals surface area contributed by atoms with Gasteiger partial charge in [-0.05, 0) is 57.2 Å². The summed E-state index contributed by atoms with van der Waals surface area (Å²) in [5.41, 5.74) is 4.09. The van der Waals surface area contributed by atoms with E-state index >= 15 is 0 Å². The third-order valence-electron chi connectivity index (χ3n) is 6.39. The van der Waals surface area contributed by atoms with Gasteiger partial charge in [0.15, 0.2) is 5.75 Å². The number of aryl methyl sites for hydroxylation is 1. The molecule has 2 aliphatic heterocycles. The lowest BCUT2D eigenvalue weighted by Gasteiger charge is -2.33. The van der Waals surface area contributed by atoms with Gasteiger partial charge in [0.1, 0.15) is 30.4 Å². The molecule has 1 saturated heterocycles. The largest absolute Gasteiger partial charge is 0.485 e. The highest BCUT2D eigenvalue weighted by molar-refractivity contribution is 5.76. The van der Waals surface area contributed by atoms with Crippen molar-refractivity contribution in [1.29, 1.82) is 5.26 Å². The maximum Gasteiger partial charge on any atom is 0.410 e. The van der Waals surface area contributed by atoms with Gasteiger partial charge in [-0.25, -0.2) is 14.8 Å². The van der Waals surface area contributed by atoms with Crippen molar-refractivity contribution in [2.24, 2.45) is 7.05 Å². The molecule has 4 heterocycles. The van der Waals surface area contributed by atoms with Crippen LogP contribution in [0.4, 0.5) is 16.3 Å². The van der Waals surface area contributed by atoms with Gasteiger partial charge in [0.25, 0.3) is 0 Å².